The number of fused-ring (bicyclic) bond motifs is 1. The Hall–Kier alpha value is -2.31. The third-order valence-electron chi connectivity index (χ3n) is 7.28. The second-order valence-electron chi connectivity index (χ2n) is 10.3. The number of nitrogens with one attached hydrogen (secondary N) is 2. The van der Waals surface area contributed by atoms with Gasteiger partial charge in [0.05, 0.1) is 12.1 Å². The lowest BCUT2D eigenvalue weighted by Crippen LogP contribution is -2.52. The van der Waals surface area contributed by atoms with Crippen molar-refractivity contribution in [3.8, 4) is 0 Å². The molecule has 4 nitrogen and oxygen atoms in total. The van der Waals surface area contributed by atoms with Crippen LogP contribution in [0.25, 0.3) is 0 Å². The highest BCUT2D eigenvalue weighted by atomic mass is 19.1. The summed E-state index contributed by atoms with van der Waals surface area (Å²) in [5.74, 6) is 0.232. The monoisotopic (exact) mass is 456 g/mol. The van der Waals surface area contributed by atoms with Crippen molar-refractivity contribution in [3.63, 3.8) is 0 Å². The van der Waals surface area contributed by atoms with Crippen LogP contribution in [0, 0.1) is 23.5 Å². The SMILES string of the molecule is CC(=O)NC(Cc1cc(F)cc(F)c1)C(O)CNC1(c2cccc(C(C)C)c2)CC2CC2C1. The van der Waals surface area contributed by atoms with Gasteiger partial charge in [0.15, 0.2) is 0 Å². The van der Waals surface area contributed by atoms with E-state index in [1.807, 2.05) is 0 Å². The van der Waals surface area contributed by atoms with Gasteiger partial charge in [-0.25, -0.2) is 8.78 Å². The minimum absolute atomic E-state index is 0.137. The number of aliphatic hydroxyl groups is 1. The average Bonchev–Trinajstić information content (AvgIpc) is 3.36. The lowest BCUT2D eigenvalue weighted by molar-refractivity contribution is -0.120. The van der Waals surface area contributed by atoms with Crippen LogP contribution in [0.5, 0.6) is 0 Å². The van der Waals surface area contributed by atoms with Crippen molar-refractivity contribution in [3.05, 3.63) is 70.8 Å². The van der Waals surface area contributed by atoms with E-state index in [2.05, 4.69) is 48.7 Å². The number of aliphatic hydroxyl groups excluding tert-OH is 1. The topological polar surface area (TPSA) is 61.4 Å². The maximum absolute atomic E-state index is 13.7. The quantitative estimate of drug-likeness (QED) is 0.524. The lowest BCUT2D eigenvalue weighted by atomic mass is 9.83. The molecule has 0 saturated heterocycles. The van der Waals surface area contributed by atoms with Gasteiger partial charge in [-0.2, -0.15) is 0 Å². The van der Waals surface area contributed by atoms with Crippen LogP contribution in [0.3, 0.4) is 0 Å². The Morgan fingerprint density at radius 2 is 1.79 bits per heavy atom. The van der Waals surface area contributed by atoms with Crippen molar-refractivity contribution in [2.75, 3.05) is 6.54 Å². The summed E-state index contributed by atoms with van der Waals surface area (Å²) in [6.07, 6.45) is 2.56. The molecule has 6 heteroatoms. The third-order valence-corrected chi connectivity index (χ3v) is 7.28. The summed E-state index contributed by atoms with van der Waals surface area (Å²) >= 11 is 0. The Morgan fingerprint density at radius 3 is 2.39 bits per heavy atom. The first-order chi connectivity index (χ1) is 15.6. The van der Waals surface area contributed by atoms with Crippen LogP contribution in [0.4, 0.5) is 8.78 Å². The van der Waals surface area contributed by atoms with Gasteiger partial charge in [0, 0.05) is 25.1 Å². The zero-order chi connectivity index (χ0) is 23.8. The van der Waals surface area contributed by atoms with E-state index in [0.717, 1.165) is 30.7 Å². The minimum atomic E-state index is -0.915. The molecule has 0 heterocycles. The molecule has 0 spiro atoms. The zero-order valence-corrected chi connectivity index (χ0v) is 19.6. The molecule has 2 saturated carbocycles. The van der Waals surface area contributed by atoms with E-state index in [4.69, 9.17) is 0 Å². The maximum Gasteiger partial charge on any atom is 0.217 e. The van der Waals surface area contributed by atoms with E-state index in [1.165, 1.54) is 36.6 Å². The van der Waals surface area contributed by atoms with Gasteiger partial charge in [-0.1, -0.05) is 38.1 Å². The van der Waals surface area contributed by atoms with Gasteiger partial charge in [0.1, 0.15) is 11.6 Å². The summed E-state index contributed by atoms with van der Waals surface area (Å²) < 4.78 is 27.3. The van der Waals surface area contributed by atoms with Gasteiger partial charge in [-0.05, 0) is 72.3 Å². The largest absolute Gasteiger partial charge is 0.390 e. The number of halogens is 2. The number of hydrogen-bond acceptors (Lipinski definition) is 3. The van der Waals surface area contributed by atoms with E-state index in [0.29, 0.717) is 11.5 Å². The Morgan fingerprint density at radius 1 is 1.12 bits per heavy atom. The van der Waals surface area contributed by atoms with Crippen molar-refractivity contribution in [2.45, 2.75) is 70.1 Å². The molecule has 4 rings (SSSR count). The smallest absolute Gasteiger partial charge is 0.217 e. The standard InChI is InChI=1S/C27H34F2N2O2/c1-16(2)19-5-4-6-22(11-19)27(13-20-10-21(20)14-27)30-15-26(33)25(31-17(3)32)9-18-7-23(28)12-24(29)8-18/h4-8,11-12,16,20-21,25-26,30,33H,9-10,13-15H2,1-3H3,(H,31,32). The summed E-state index contributed by atoms with van der Waals surface area (Å²) in [7, 11) is 0. The number of benzene rings is 2. The van der Waals surface area contributed by atoms with Crippen LogP contribution in [0.2, 0.25) is 0 Å². The first-order valence-electron chi connectivity index (χ1n) is 11.9. The van der Waals surface area contributed by atoms with Crippen LogP contribution in [-0.4, -0.2) is 29.7 Å². The summed E-state index contributed by atoms with van der Waals surface area (Å²) in [4.78, 5) is 11.8. The molecular weight excluding hydrogens is 422 g/mol. The van der Waals surface area contributed by atoms with Crippen LogP contribution in [-0.2, 0) is 16.8 Å². The van der Waals surface area contributed by atoms with E-state index in [9.17, 15) is 18.7 Å². The number of hydrogen-bond donors (Lipinski definition) is 3. The highest BCUT2D eigenvalue weighted by Crippen LogP contribution is 2.59. The molecule has 2 fully saturated rings. The summed E-state index contributed by atoms with van der Waals surface area (Å²) in [6.45, 7) is 6.02. The van der Waals surface area contributed by atoms with Crippen molar-refractivity contribution < 1.29 is 18.7 Å². The van der Waals surface area contributed by atoms with Gasteiger partial charge in [-0.15, -0.1) is 0 Å². The number of carbonyl (C=O) groups excluding carboxylic acids is 1. The highest BCUT2D eigenvalue weighted by Gasteiger charge is 2.54. The maximum atomic E-state index is 13.7. The summed E-state index contributed by atoms with van der Waals surface area (Å²) in [5, 5.41) is 17.4. The second kappa shape index (κ2) is 9.51. The van der Waals surface area contributed by atoms with Crippen LogP contribution in [0.15, 0.2) is 42.5 Å². The fraction of sp³-hybridized carbons (Fsp3) is 0.519. The molecule has 0 aliphatic heterocycles. The van der Waals surface area contributed by atoms with E-state index >= 15 is 0 Å². The Kier molecular flexibility index (Phi) is 6.87. The normalized spacial score (nSPS) is 25.5. The minimum Gasteiger partial charge on any atom is -0.390 e. The van der Waals surface area contributed by atoms with Crippen molar-refractivity contribution in [1.29, 1.82) is 0 Å². The molecule has 0 radical (unpaired) electrons. The van der Waals surface area contributed by atoms with Gasteiger partial charge >= 0.3 is 0 Å². The molecule has 1 amide bonds. The molecule has 178 valence electrons. The highest BCUT2D eigenvalue weighted by molar-refractivity contribution is 5.73. The van der Waals surface area contributed by atoms with E-state index in [-0.39, 0.29) is 24.4 Å². The third kappa shape index (κ3) is 5.61. The summed E-state index contributed by atoms with van der Waals surface area (Å²) in [5.41, 5.74) is 2.73. The van der Waals surface area contributed by atoms with Gasteiger partial charge in [0.25, 0.3) is 0 Å². The van der Waals surface area contributed by atoms with Crippen LogP contribution < -0.4 is 10.6 Å². The fourth-order valence-electron chi connectivity index (χ4n) is 5.44. The Bertz CT molecular complexity index is 979. The Balaban J connectivity index is 1.51. The molecule has 0 bridgehead atoms. The van der Waals surface area contributed by atoms with Gasteiger partial charge in [0.2, 0.25) is 5.91 Å². The number of carbonyl (C=O) groups is 1. The molecule has 33 heavy (non-hydrogen) atoms. The molecule has 2 aliphatic rings. The summed E-state index contributed by atoms with van der Waals surface area (Å²) in [6, 6.07) is 11.3. The van der Waals surface area contributed by atoms with Crippen molar-refractivity contribution in [2.24, 2.45) is 11.8 Å². The molecule has 2 aromatic carbocycles. The van der Waals surface area contributed by atoms with Crippen molar-refractivity contribution in [1.82, 2.24) is 10.6 Å². The molecular formula is C27H34F2N2O2. The van der Waals surface area contributed by atoms with Gasteiger partial charge < -0.3 is 15.7 Å². The van der Waals surface area contributed by atoms with E-state index < -0.39 is 23.8 Å². The average molecular weight is 457 g/mol. The zero-order valence-electron chi connectivity index (χ0n) is 19.6. The van der Waals surface area contributed by atoms with Crippen LogP contribution >= 0.6 is 0 Å². The van der Waals surface area contributed by atoms with Gasteiger partial charge in [-0.3, -0.25) is 4.79 Å². The number of amides is 1. The first kappa shape index (κ1) is 23.8. The molecule has 4 unspecified atom stereocenters. The molecule has 0 aromatic heterocycles. The molecule has 3 N–H and O–H groups in total. The Labute approximate surface area is 194 Å². The predicted octanol–water partition coefficient (Wildman–Crippen LogP) is 4.41. The molecule has 4 atom stereocenters. The van der Waals surface area contributed by atoms with E-state index in [1.54, 1.807) is 0 Å². The lowest BCUT2D eigenvalue weighted by Gasteiger charge is -2.36. The molecule has 2 aromatic rings. The fourth-order valence-corrected chi connectivity index (χ4v) is 5.44. The molecule has 2 aliphatic carbocycles. The first-order valence-corrected chi connectivity index (χ1v) is 11.9. The number of rotatable bonds is 9. The van der Waals surface area contributed by atoms with Crippen LogP contribution in [0.1, 0.15) is 62.6 Å². The van der Waals surface area contributed by atoms with Crippen molar-refractivity contribution >= 4 is 5.91 Å². The predicted molar refractivity (Wildman–Crippen MR) is 125 cm³/mol. The second-order valence-corrected chi connectivity index (χ2v) is 10.3.